The van der Waals surface area contributed by atoms with Gasteiger partial charge in [-0.25, -0.2) is 0 Å². The number of halogens is 1. The summed E-state index contributed by atoms with van der Waals surface area (Å²) in [6.45, 7) is 7.46. The van der Waals surface area contributed by atoms with Gasteiger partial charge in [0.25, 0.3) is 0 Å². The smallest absolute Gasteiger partial charge is 0.0635 e. The van der Waals surface area contributed by atoms with E-state index in [1.807, 2.05) is 6.07 Å². The Bertz CT molecular complexity index is 375. The topological polar surface area (TPSA) is 37.4 Å². The first-order valence-electron chi connectivity index (χ1n) is 6.42. The van der Waals surface area contributed by atoms with Crippen LogP contribution in [0.1, 0.15) is 12.5 Å². The molecule has 1 saturated heterocycles. The molecule has 0 bridgehead atoms. The van der Waals surface area contributed by atoms with Crippen LogP contribution in [0.3, 0.4) is 0 Å². The molecule has 2 rings (SSSR count). The molecule has 0 spiro atoms. The van der Waals surface area contributed by atoms with Gasteiger partial charge in [0.05, 0.1) is 18.2 Å². The molecule has 1 N–H and O–H groups in total. The molecule has 0 saturated carbocycles. The van der Waals surface area contributed by atoms with Gasteiger partial charge in [-0.3, -0.25) is 9.88 Å². The number of likely N-dealkylation sites (N-methyl/N-ethyl adjacent to an activating group) is 1. The van der Waals surface area contributed by atoms with Crippen molar-refractivity contribution in [3.63, 3.8) is 0 Å². The van der Waals surface area contributed by atoms with E-state index in [0.29, 0.717) is 6.04 Å². The molecule has 4 nitrogen and oxygen atoms in total. The Kier molecular flexibility index (Phi) is 5.38. The SMILES string of the molecule is CCNCC1COCCN1Cc1ccncc1Cl. The third kappa shape index (κ3) is 3.65. The third-order valence-electron chi connectivity index (χ3n) is 3.21. The molecule has 1 aliphatic heterocycles. The molecule has 18 heavy (non-hydrogen) atoms. The molecular formula is C13H20ClN3O. The minimum atomic E-state index is 0.419. The quantitative estimate of drug-likeness (QED) is 0.880. The molecule has 100 valence electrons. The van der Waals surface area contributed by atoms with Gasteiger partial charge in [0.15, 0.2) is 0 Å². The fraction of sp³-hybridized carbons (Fsp3) is 0.615. The van der Waals surface area contributed by atoms with Crippen LogP contribution in [-0.2, 0) is 11.3 Å². The lowest BCUT2D eigenvalue weighted by Crippen LogP contribution is -2.49. The number of hydrogen-bond donors (Lipinski definition) is 1. The second-order valence-corrected chi connectivity index (χ2v) is 4.88. The van der Waals surface area contributed by atoms with Crippen molar-refractivity contribution < 1.29 is 4.74 Å². The lowest BCUT2D eigenvalue weighted by Gasteiger charge is -2.35. The average Bonchev–Trinajstić information content (AvgIpc) is 2.40. The predicted molar refractivity (Wildman–Crippen MR) is 72.8 cm³/mol. The summed E-state index contributed by atoms with van der Waals surface area (Å²) >= 11 is 6.16. The van der Waals surface area contributed by atoms with Gasteiger partial charge in [-0.2, -0.15) is 0 Å². The van der Waals surface area contributed by atoms with Gasteiger partial charge in [-0.05, 0) is 18.2 Å². The maximum atomic E-state index is 6.16. The number of hydrogen-bond acceptors (Lipinski definition) is 4. The molecule has 1 aromatic heterocycles. The minimum Gasteiger partial charge on any atom is -0.378 e. The van der Waals surface area contributed by atoms with E-state index in [4.69, 9.17) is 16.3 Å². The molecule has 1 fully saturated rings. The van der Waals surface area contributed by atoms with E-state index < -0.39 is 0 Å². The van der Waals surface area contributed by atoms with Crippen LogP contribution < -0.4 is 5.32 Å². The molecule has 5 heteroatoms. The number of morpholine rings is 1. The Hall–Kier alpha value is -0.680. The molecule has 1 atom stereocenters. The molecule has 0 radical (unpaired) electrons. The molecule has 0 aliphatic carbocycles. The summed E-state index contributed by atoms with van der Waals surface area (Å²) in [6.07, 6.45) is 3.50. The molecular weight excluding hydrogens is 250 g/mol. The van der Waals surface area contributed by atoms with E-state index in [1.165, 1.54) is 0 Å². The Labute approximate surface area is 113 Å². The van der Waals surface area contributed by atoms with E-state index >= 15 is 0 Å². The molecule has 1 unspecified atom stereocenters. The number of pyridine rings is 1. The van der Waals surface area contributed by atoms with Crippen molar-refractivity contribution >= 4 is 11.6 Å². The zero-order valence-electron chi connectivity index (χ0n) is 10.7. The molecule has 0 amide bonds. The summed E-state index contributed by atoms with van der Waals surface area (Å²) in [4.78, 5) is 6.44. The van der Waals surface area contributed by atoms with Crippen LogP contribution in [0, 0.1) is 0 Å². The highest BCUT2D eigenvalue weighted by Gasteiger charge is 2.23. The van der Waals surface area contributed by atoms with Crippen LogP contribution in [0.25, 0.3) is 0 Å². The Morgan fingerprint density at radius 1 is 1.61 bits per heavy atom. The van der Waals surface area contributed by atoms with Crippen molar-refractivity contribution in [1.82, 2.24) is 15.2 Å². The number of rotatable bonds is 5. The Morgan fingerprint density at radius 2 is 2.50 bits per heavy atom. The fourth-order valence-corrected chi connectivity index (χ4v) is 2.33. The van der Waals surface area contributed by atoms with Gasteiger partial charge in [0.2, 0.25) is 0 Å². The van der Waals surface area contributed by atoms with Crippen LogP contribution >= 0.6 is 11.6 Å². The summed E-state index contributed by atoms with van der Waals surface area (Å²) in [5.74, 6) is 0. The van der Waals surface area contributed by atoms with Gasteiger partial charge >= 0.3 is 0 Å². The second kappa shape index (κ2) is 7.04. The van der Waals surface area contributed by atoms with E-state index in [0.717, 1.165) is 50.0 Å². The zero-order chi connectivity index (χ0) is 12.8. The molecule has 0 aromatic carbocycles. The van der Waals surface area contributed by atoms with Crippen molar-refractivity contribution in [3.05, 3.63) is 29.0 Å². The highest BCUT2D eigenvalue weighted by atomic mass is 35.5. The second-order valence-electron chi connectivity index (χ2n) is 4.47. The van der Waals surface area contributed by atoms with Crippen molar-refractivity contribution in [2.75, 3.05) is 32.8 Å². The van der Waals surface area contributed by atoms with Gasteiger partial charge < -0.3 is 10.1 Å². The van der Waals surface area contributed by atoms with Gasteiger partial charge in [-0.15, -0.1) is 0 Å². The summed E-state index contributed by atoms with van der Waals surface area (Å²) in [6, 6.07) is 2.41. The van der Waals surface area contributed by atoms with Crippen LogP contribution in [0.5, 0.6) is 0 Å². The first-order chi connectivity index (χ1) is 8.81. The molecule has 1 aliphatic rings. The Morgan fingerprint density at radius 3 is 3.28 bits per heavy atom. The van der Waals surface area contributed by atoms with E-state index in [-0.39, 0.29) is 0 Å². The largest absolute Gasteiger partial charge is 0.378 e. The van der Waals surface area contributed by atoms with Gasteiger partial charge in [-0.1, -0.05) is 18.5 Å². The summed E-state index contributed by atoms with van der Waals surface area (Å²) in [5.41, 5.74) is 1.13. The van der Waals surface area contributed by atoms with Crippen molar-refractivity contribution in [2.45, 2.75) is 19.5 Å². The van der Waals surface area contributed by atoms with Gasteiger partial charge in [0, 0.05) is 38.1 Å². The monoisotopic (exact) mass is 269 g/mol. The molecule has 1 aromatic rings. The fourth-order valence-electron chi connectivity index (χ4n) is 2.15. The van der Waals surface area contributed by atoms with Crippen molar-refractivity contribution in [3.8, 4) is 0 Å². The highest BCUT2D eigenvalue weighted by Crippen LogP contribution is 2.18. The summed E-state index contributed by atoms with van der Waals surface area (Å²) < 4.78 is 5.55. The first kappa shape index (κ1) is 13.7. The highest BCUT2D eigenvalue weighted by molar-refractivity contribution is 6.31. The zero-order valence-corrected chi connectivity index (χ0v) is 11.5. The average molecular weight is 270 g/mol. The predicted octanol–water partition coefficient (Wildman–Crippen LogP) is 1.55. The van der Waals surface area contributed by atoms with Crippen molar-refractivity contribution in [2.24, 2.45) is 0 Å². The van der Waals surface area contributed by atoms with Gasteiger partial charge in [0.1, 0.15) is 0 Å². The Balaban J connectivity index is 1.98. The minimum absolute atomic E-state index is 0.419. The summed E-state index contributed by atoms with van der Waals surface area (Å²) in [5, 5.41) is 4.12. The molecule has 2 heterocycles. The number of aromatic nitrogens is 1. The normalized spacial score (nSPS) is 21.1. The lowest BCUT2D eigenvalue weighted by atomic mass is 10.1. The van der Waals surface area contributed by atoms with Crippen LogP contribution in [-0.4, -0.2) is 48.8 Å². The summed E-state index contributed by atoms with van der Waals surface area (Å²) in [7, 11) is 0. The van der Waals surface area contributed by atoms with Crippen molar-refractivity contribution in [1.29, 1.82) is 0 Å². The first-order valence-corrected chi connectivity index (χ1v) is 6.80. The standard InChI is InChI=1S/C13H20ClN3O/c1-2-15-7-12-10-18-6-5-17(12)9-11-3-4-16-8-13(11)14/h3-4,8,12,15H,2,5-7,9-10H2,1H3. The maximum Gasteiger partial charge on any atom is 0.0635 e. The number of ether oxygens (including phenoxy) is 1. The van der Waals surface area contributed by atoms with Crippen LogP contribution in [0.4, 0.5) is 0 Å². The third-order valence-corrected chi connectivity index (χ3v) is 3.55. The van der Waals surface area contributed by atoms with E-state index in [9.17, 15) is 0 Å². The van der Waals surface area contributed by atoms with E-state index in [1.54, 1.807) is 12.4 Å². The number of nitrogens with one attached hydrogen (secondary N) is 1. The van der Waals surface area contributed by atoms with E-state index in [2.05, 4.69) is 22.1 Å². The lowest BCUT2D eigenvalue weighted by molar-refractivity contribution is -0.0107. The number of nitrogens with zero attached hydrogens (tertiary/aromatic N) is 2. The van der Waals surface area contributed by atoms with Crippen LogP contribution in [0.2, 0.25) is 5.02 Å². The van der Waals surface area contributed by atoms with Crippen LogP contribution in [0.15, 0.2) is 18.5 Å². The maximum absolute atomic E-state index is 6.16.